The highest BCUT2D eigenvalue weighted by Crippen LogP contribution is 2.31. The SMILES string of the molecule is O=C[C@@H]1CCN2C(=O)CC[C@H]12. The normalized spacial score (nSPS) is 36.0. The Bertz CT molecular complexity index is 202. The van der Waals surface area contributed by atoms with Gasteiger partial charge in [-0.2, -0.15) is 0 Å². The van der Waals surface area contributed by atoms with E-state index in [0.717, 1.165) is 25.7 Å². The van der Waals surface area contributed by atoms with Crippen LogP contribution in [0.15, 0.2) is 0 Å². The molecule has 2 aliphatic heterocycles. The standard InChI is InChI=1S/C8H11NO2/c10-5-6-3-4-9-7(6)1-2-8(9)11/h5-7H,1-4H2/t6-,7+/m0/s1. The highest BCUT2D eigenvalue weighted by molar-refractivity contribution is 5.80. The Morgan fingerprint density at radius 2 is 2.27 bits per heavy atom. The smallest absolute Gasteiger partial charge is 0.222 e. The van der Waals surface area contributed by atoms with E-state index < -0.39 is 0 Å². The molecule has 3 heteroatoms. The summed E-state index contributed by atoms with van der Waals surface area (Å²) in [7, 11) is 0. The minimum Gasteiger partial charge on any atom is -0.339 e. The van der Waals surface area contributed by atoms with Gasteiger partial charge in [0.2, 0.25) is 5.91 Å². The number of rotatable bonds is 1. The van der Waals surface area contributed by atoms with E-state index in [1.54, 1.807) is 0 Å². The Balaban J connectivity index is 2.15. The minimum absolute atomic E-state index is 0.126. The van der Waals surface area contributed by atoms with Crippen LogP contribution in [-0.2, 0) is 9.59 Å². The summed E-state index contributed by atoms with van der Waals surface area (Å²) in [6.07, 6.45) is 3.42. The number of nitrogens with zero attached hydrogens (tertiary/aromatic N) is 1. The number of carbonyl (C=O) groups excluding carboxylic acids is 2. The molecule has 0 aromatic rings. The molecule has 0 unspecified atom stereocenters. The topological polar surface area (TPSA) is 37.4 Å². The van der Waals surface area contributed by atoms with Crippen molar-refractivity contribution < 1.29 is 9.59 Å². The Kier molecular flexibility index (Phi) is 1.44. The number of amides is 1. The fraction of sp³-hybridized carbons (Fsp3) is 0.750. The maximum Gasteiger partial charge on any atom is 0.222 e. The van der Waals surface area contributed by atoms with Gasteiger partial charge in [0.15, 0.2) is 0 Å². The van der Waals surface area contributed by atoms with Crippen LogP contribution in [-0.4, -0.2) is 29.7 Å². The van der Waals surface area contributed by atoms with Gasteiger partial charge in [0.1, 0.15) is 6.29 Å². The van der Waals surface area contributed by atoms with E-state index in [4.69, 9.17) is 0 Å². The third kappa shape index (κ3) is 0.870. The number of hydrogen-bond acceptors (Lipinski definition) is 2. The van der Waals surface area contributed by atoms with Gasteiger partial charge >= 0.3 is 0 Å². The first kappa shape index (κ1) is 6.83. The molecule has 2 rings (SSSR count). The van der Waals surface area contributed by atoms with E-state index in [1.807, 2.05) is 4.90 Å². The maximum absolute atomic E-state index is 11.1. The third-order valence-corrected chi connectivity index (χ3v) is 2.75. The summed E-state index contributed by atoms with van der Waals surface area (Å²) in [6, 6.07) is 0.250. The van der Waals surface area contributed by atoms with Crippen molar-refractivity contribution in [2.75, 3.05) is 6.54 Å². The molecule has 11 heavy (non-hydrogen) atoms. The summed E-state index contributed by atoms with van der Waals surface area (Å²) in [5.41, 5.74) is 0. The van der Waals surface area contributed by atoms with Crippen molar-refractivity contribution in [1.29, 1.82) is 0 Å². The second kappa shape index (κ2) is 2.32. The van der Waals surface area contributed by atoms with Crippen LogP contribution in [0.4, 0.5) is 0 Å². The predicted molar refractivity (Wildman–Crippen MR) is 38.9 cm³/mol. The van der Waals surface area contributed by atoms with Gasteiger partial charge in [-0.15, -0.1) is 0 Å². The van der Waals surface area contributed by atoms with Crippen molar-refractivity contribution in [3.63, 3.8) is 0 Å². The molecule has 60 valence electrons. The molecule has 2 aliphatic rings. The Hall–Kier alpha value is -0.860. The van der Waals surface area contributed by atoms with Gasteiger partial charge in [-0.05, 0) is 12.8 Å². The third-order valence-electron chi connectivity index (χ3n) is 2.75. The van der Waals surface area contributed by atoms with Crippen LogP contribution in [0.2, 0.25) is 0 Å². The van der Waals surface area contributed by atoms with Crippen LogP contribution < -0.4 is 0 Å². The molecule has 2 saturated heterocycles. The van der Waals surface area contributed by atoms with Crippen LogP contribution >= 0.6 is 0 Å². The molecule has 2 atom stereocenters. The van der Waals surface area contributed by atoms with E-state index in [9.17, 15) is 9.59 Å². The number of fused-ring (bicyclic) bond motifs is 1. The predicted octanol–water partition coefficient (Wildman–Crippen LogP) is 0.196. The first-order chi connectivity index (χ1) is 5.33. The minimum atomic E-state index is 0.126. The van der Waals surface area contributed by atoms with E-state index in [1.165, 1.54) is 0 Å². The van der Waals surface area contributed by atoms with Gasteiger partial charge in [0.25, 0.3) is 0 Å². The summed E-state index contributed by atoms with van der Waals surface area (Å²) in [6.45, 7) is 0.799. The average molecular weight is 153 g/mol. The van der Waals surface area contributed by atoms with Gasteiger partial charge < -0.3 is 9.69 Å². The highest BCUT2D eigenvalue weighted by Gasteiger charge is 2.40. The first-order valence-corrected chi connectivity index (χ1v) is 4.07. The Morgan fingerprint density at radius 3 is 3.00 bits per heavy atom. The van der Waals surface area contributed by atoms with Crippen LogP contribution in [0, 0.1) is 5.92 Å². The van der Waals surface area contributed by atoms with Gasteiger partial charge in [-0.3, -0.25) is 4.79 Å². The van der Waals surface area contributed by atoms with Crippen molar-refractivity contribution in [1.82, 2.24) is 4.90 Å². The zero-order chi connectivity index (χ0) is 7.84. The monoisotopic (exact) mass is 153 g/mol. The molecule has 0 radical (unpaired) electrons. The van der Waals surface area contributed by atoms with Crippen LogP contribution in [0.3, 0.4) is 0 Å². The summed E-state index contributed by atoms with van der Waals surface area (Å²) in [5, 5.41) is 0. The fourth-order valence-corrected chi connectivity index (χ4v) is 2.13. The molecule has 0 aliphatic carbocycles. The highest BCUT2D eigenvalue weighted by atomic mass is 16.2. The zero-order valence-corrected chi connectivity index (χ0v) is 6.32. The first-order valence-electron chi connectivity index (χ1n) is 4.07. The Morgan fingerprint density at radius 1 is 1.45 bits per heavy atom. The second-order valence-electron chi connectivity index (χ2n) is 3.28. The molecular weight excluding hydrogens is 142 g/mol. The summed E-state index contributed by atoms with van der Waals surface area (Å²) in [5.74, 6) is 0.362. The lowest BCUT2D eigenvalue weighted by Crippen LogP contribution is -2.29. The molecule has 2 fully saturated rings. The zero-order valence-electron chi connectivity index (χ0n) is 6.32. The van der Waals surface area contributed by atoms with Crippen LogP contribution in [0.25, 0.3) is 0 Å². The molecular formula is C8H11NO2. The number of carbonyl (C=O) groups is 2. The lowest BCUT2D eigenvalue weighted by molar-refractivity contribution is -0.128. The molecule has 0 aromatic heterocycles. The van der Waals surface area contributed by atoms with Crippen molar-refractivity contribution in [3.05, 3.63) is 0 Å². The van der Waals surface area contributed by atoms with Crippen molar-refractivity contribution in [3.8, 4) is 0 Å². The fourth-order valence-electron chi connectivity index (χ4n) is 2.13. The summed E-state index contributed by atoms with van der Waals surface area (Å²) < 4.78 is 0. The van der Waals surface area contributed by atoms with Gasteiger partial charge in [0.05, 0.1) is 0 Å². The second-order valence-corrected chi connectivity index (χ2v) is 3.28. The number of hydrogen-bond donors (Lipinski definition) is 0. The maximum atomic E-state index is 11.1. The van der Waals surface area contributed by atoms with Gasteiger partial charge in [0, 0.05) is 24.9 Å². The van der Waals surface area contributed by atoms with Gasteiger partial charge in [-0.1, -0.05) is 0 Å². The largest absolute Gasteiger partial charge is 0.339 e. The van der Waals surface area contributed by atoms with Crippen molar-refractivity contribution in [2.24, 2.45) is 5.92 Å². The summed E-state index contributed by atoms with van der Waals surface area (Å²) in [4.78, 5) is 23.5. The molecule has 0 aromatic carbocycles. The molecule has 0 N–H and O–H groups in total. The summed E-state index contributed by atoms with van der Waals surface area (Å²) >= 11 is 0. The van der Waals surface area contributed by atoms with Crippen LogP contribution in [0.5, 0.6) is 0 Å². The quantitative estimate of drug-likeness (QED) is 0.504. The Labute approximate surface area is 65.4 Å². The van der Waals surface area contributed by atoms with E-state index in [2.05, 4.69) is 0 Å². The van der Waals surface area contributed by atoms with E-state index >= 15 is 0 Å². The molecule has 0 spiro atoms. The molecule has 3 nitrogen and oxygen atoms in total. The molecule has 2 heterocycles. The van der Waals surface area contributed by atoms with Crippen molar-refractivity contribution >= 4 is 12.2 Å². The van der Waals surface area contributed by atoms with E-state index in [0.29, 0.717) is 6.42 Å². The molecule has 0 bridgehead atoms. The van der Waals surface area contributed by atoms with Crippen LogP contribution in [0.1, 0.15) is 19.3 Å². The lowest BCUT2D eigenvalue weighted by atomic mass is 10.0. The number of aldehydes is 1. The van der Waals surface area contributed by atoms with Gasteiger partial charge in [-0.25, -0.2) is 0 Å². The lowest BCUT2D eigenvalue weighted by Gasteiger charge is -2.15. The molecule has 0 saturated carbocycles. The van der Waals surface area contributed by atoms with E-state index in [-0.39, 0.29) is 17.9 Å². The average Bonchev–Trinajstić information content (AvgIpc) is 2.53. The van der Waals surface area contributed by atoms with Crippen molar-refractivity contribution in [2.45, 2.75) is 25.3 Å². The molecule has 1 amide bonds.